The molecule has 0 fully saturated rings. The Morgan fingerprint density at radius 2 is 2.06 bits per heavy atom. The van der Waals surface area contributed by atoms with Crippen molar-refractivity contribution >= 4 is 5.71 Å². The SMILES string of the molecule is CC1(C)CCc2oc(C(C)(C)C)cc2/C1=N\O.[HH]. The standard InChI is InChI=1S/C14H21NO2.H2/c1-13(2,3)11-8-9-10(17-11)6-7-14(4,5)12(9)15-16;/h8,16H,6-7H2,1-5H3;1H/b15-12+;. The van der Waals surface area contributed by atoms with Crippen LogP contribution < -0.4 is 0 Å². The molecule has 0 radical (unpaired) electrons. The molecule has 1 aromatic heterocycles. The minimum atomic E-state index is -0.0826. The molecule has 0 saturated heterocycles. The number of hydrogen-bond donors (Lipinski definition) is 1. The second kappa shape index (κ2) is 3.62. The van der Waals surface area contributed by atoms with Crippen molar-refractivity contribution in [3.8, 4) is 0 Å². The molecule has 0 unspecified atom stereocenters. The van der Waals surface area contributed by atoms with Gasteiger partial charge in [-0.05, 0) is 12.5 Å². The number of oxime groups is 1. The summed E-state index contributed by atoms with van der Waals surface area (Å²) in [4.78, 5) is 0. The molecule has 0 aromatic carbocycles. The van der Waals surface area contributed by atoms with Crippen molar-refractivity contribution in [3.63, 3.8) is 0 Å². The van der Waals surface area contributed by atoms with Gasteiger partial charge >= 0.3 is 0 Å². The summed E-state index contributed by atoms with van der Waals surface area (Å²) in [6.07, 6.45) is 1.87. The summed E-state index contributed by atoms with van der Waals surface area (Å²) < 4.78 is 5.90. The van der Waals surface area contributed by atoms with Gasteiger partial charge in [-0.3, -0.25) is 0 Å². The highest BCUT2D eigenvalue weighted by Crippen LogP contribution is 2.38. The molecule has 17 heavy (non-hydrogen) atoms. The molecule has 0 saturated carbocycles. The largest absolute Gasteiger partial charge is 0.465 e. The number of nitrogens with zero attached hydrogens (tertiary/aromatic N) is 1. The van der Waals surface area contributed by atoms with Gasteiger partial charge in [0.25, 0.3) is 0 Å². The van der Waals surface area contributed by atoms with Crippen LogP contribution in [0, 0.1) is 5.41 Å². The smallest absolute Gasteiger partial charge is 0.113 e. The van der Waals surface area contributed by atoms with E-state index in [-0.39, 0.29) is 12.3 Å². The third-order valence-electron chi connectivity index (χ3n) is 3.52. The van der Waals surface area contributed by atoms with E-state index in [1.165, 1.54) is 0 Å². The van der Waals surface area contributed by atoms with E-state index in [4.69, 9.17) is 4.42 Å². The Morgan fingerprint density at radius 3 is 2.59 bits per heavy atom. The second-order valence-corrected chi connectivity index (χ2v) is 6.53. The molecule has 0 amide bonds. The summed E-state index contributed by atoms with van der Waals surface area (Å²) in [5.41, 5.74) is 1.63. The van der Waals surface area contributed by atoms with E-state index in [1.807, 2.05) is 6.07 Å². The van der Waals surface area contributed by atoms with Gasteiger partial charge in [0.1, 0.15) is 11.5 Å². The first-order valence-corrected chi connectivity index (χ1v) is 6.12. The predicted molar refractivity (Wildman–Crippen MR) is 69.9 cm³/mol. The van der Waals surface area contributed by atoms with E-state index < -0.39 is 0 Å². The second-order valence-electron chi connectivity index (χ2n) is 6.53. The monoisotopic (exact) mass is 237 g/mol. The zero-order valence-electron chi connectivity index (χ0n) is 11.3. The highest BCUT2D eigenvalue weighted by Gasteiger charge is 2.36. The molecule has 3 heteroatoms. The average Bonchev–Trinajstić information content (AvgIpc) is 2.59. The van der Waals surface area contributed by atoms with E-state index in [0.29, 0.717) is 0 Å². The Morgan fingerprint density at radius 1 is 1.41 bits per heavy atom. The first kappa shape index (κ1) is 12.2. The number of aryl methyl sites for hydroxylation is 1. The minimum absolute atomic E-state index is 0. The molecule has 1 aliphatic carbocycles. The molecular formula is C14H23NO2. The fourth-order valence-electron chi connectivity index (χ4n) is 2.28. The fraction of sp³-hybridized carbons (Fsp3) is 0.643. The average molecular weight is 237 g/mol. The summed E-state index contributed by atoms with van der Waals surface area (Å²) in [7, 11) is 0. The third kappa shape index (κ3) is 1.99. The molecule has 0 aliphatic heterocycles. The van der Waals surface area contributed by atoms with Gasteiger partial charge in [-0.1, -0.05) is 39.8 Å². The molecule has 96 valence electrons. The minimum Gasteiger partial charge on any atom is -0.465 e. The maximum absolute atomic E-state index is 9.23. The van der Waals surface area contributed by atoms with Crippen LogP contribution in [0.15, 0.2) is 15.6 Å². The first-order chi connectivity index (χ1) is 7.75. The van der Waals surface area contributed by atoms with Gasteiger partial charge in [0.2, 0.25) is 0 Å². The van der Waals surface area contributed by atoms with Crippen LogP contribution in [0.5, 0.6) is 0 Å². The fourth-order valence-corrected chi connectivity index (χ4v) is 2.28. The van der Waals surface area contributed by atoms with Crippen LogP contribution >= 0.6 is 0 Å². The summed E-state index contributed by atoms with van der Waals surface area (Å²) in [6.45, 7) is 10.6. The summed E-state index contributed by atoms with van der Waals surface area (Å²) >= 11 is 0. The van der Waals surface area contributed by atoms with Crippen LogP contribution in [0.1, 0.15) is 59.6 Å². The normalized spacial score (nSPS) is 21.6. The van der Waals surface area contributed by atoms with Crippen molar-refractivity contribution in [2.75, 3.05) is 0 Å². The summed E-state index contributed by atoms with van der Waals surface area (Å²) in [5.74, 6) is 1.92. The van der Waals surface area contributed by atoms with Gasteiger partial charge in [-0.15, -0.1) is 0 Å². The summed E-state index contributed by atoms with van der Waals surface area (Å²) in [6, 6.07) is 2.03. The number of furan rings is 1. The maximum Gasteiger partial charge on any atom is 0.113 e. The van der Waals surface area contributed by atoms with Crippen molar-refractivity contribution in [1.29, 1.82) is 0 Å². The maximum atomic E-state index is 9.23. The van der Waals surface area contributed by atoms with Crippen molar-refractivity contribution in [3.05, 3.63) is 23.2 Å². The molecule has 1 heterocycles. The van der Waals surface area contributed by atoms with Gasteiger partial charge in [0.05, 0.1) is 5.71 Å². The molecule has 1 aromatic rings. The molecule has 1 N–H and O–H groups in total. The van der Waals surface area contributed by atoms with Crippen molar-refractivity contribution in [2.24, 2.45) is 10.6 Å². The van der Waals surface area contributed by atoms with Crippen LogP contribution in [0.2, 0.25) is 0 Å². The van der Waals surface area contributed by atoms with E-state index in [9.17, 15) is 5.21 Å². The van der Waals surface area contributed by atoms with Gasteiger partial charge < -0.3 is 9.62 Å². The van der Waals surface area contributed by atoms with E-state index in [0.717, 1.165) is 35.6 Å². The lowest BCUT2D eigenvalue weighted by atomic mass is 9.75. The zero-order chi connectivity index (χ0) is 12.8. The topological polar surface area (TPSA) is 45.7 Å². The van der Waals surface area contributed by atoms with Gasteiger partial charge in [0, 0.05) is 24.2 Å². The molecular weight excluding hydrogens is 214 g/mol. The molecule has 3 nitrogen and oxygen atoms in total. The van der Waals surface area contributed by atoms with Gasteiger partial charge in [-0.2, -0.15) is 0 Å². The quantitative estimate of drug-likeness (QED) is 0.548. The van der Waals surface area contributed by atoms with E-state index in [1.54, 1.807) is 0 Å². The number of hydrogen-bond acceptors (Lipinski definition) is 3. The van der Waals surface area contributed by atoms with Crippen LogP contribution in [-0.4, -0.2) is 10.9 Å². The lowest BCUT2D eigenvalue weighted by molar-refractivity contribution is 0.302. The molecule has 0 spiro atoms. The van der Waals surface area contributed by atoms with Crippen molar-refractivity contribution in [2.45, 2.75) is 52.9 Å². The van der Waals surface area contributed by atoms with E-state index in [2.05, 4.69) is 39.8 Å². The Balaban J connectivity index is 0.00000162. The summed E-state index contributed by atoms with van der Waals surface area (Å²) in [5, 5.41) is 12.7. The van der Waals surface area contributed by atoms with Crippen molar-refractivity contribution < 1.29 is 11.1 Å². The van der Waals surface area contributed by atoms with Crippen LogP contribution in [0.4, 0.5) is 0 Å². The highest BCUT2D eigenvalue weighted by atomic mass is 16.4. The molecule has 1 aliphatic rings. The number of fused-ring (bicyclic) bond motifs is 1. The van der Waals surface area contributed by atoms with Crippen molar-refractivity contribution in [1.82, 2.24) is 0 Å². The predicted octanol–water partition coefficient (Wildman–Crippen LogP) is 3.97. The Hall–Kier alpha value is -1.25. The highest BCUT2D eigenvalue weighted by molar-refractivity contribution is 6.05. The Kier molecular flexibility index (Phi) is 2.60. The van der Waals surface area contributed by atoms with E-state index >= 15 is 0 Å². The van der Waals surface area contributed by atoms with Crippen LogP contribution in [0.3, 0.4) is 0 Å². The molecule has 0 atom stereocenters. The number of rotatable bonds is 0. The third-order valence-corrected chi connectivity index (χ3v) is 3.52. The van der Waals surface area contributed by atoms with Gasteiger partial charge in [-0.25, -0.2) is 0 Å². The zero-order valence-corrected chi connectivity index (χ0v) is 11.3. The van der Waals surface area contributed by atoms with Crippen LogP contribution in [-0.2, 0) is 11.8 Å². The Labute approximate surface area is 104 Å². The lowest BCUT2D eigenvalue weighted by Gasteiger charge is -2.29. The van der Waals surface area contributed by atoms with Gasteiger partial charge in [0.15, 0.2) is 0 Å². The molecule has 2 rings (SSSR count). The van der Waals surface area contributed by atoms with Crippen LogP contribution in [0.25, 0.3) is 0 Å². The molecule has 0 bridgehead atoms. The first-order valence-electron chi connectivity index (χ1n) is 6.12. The lowest BCUT2D eigenvalue weighted by Crippen LogP contribution is -2.30. The Bertz CT molecular complexity index is 467.